The lowest BCUT2D eigenvalue weighted by molar-refractivity contribution is -0.870. The Balaban J connectivity index is 1.62. The van der Waals surface area contributed by atoms with Crippen molar-refractivity contribution in [2.45, 2.75) is 179 Å². The van der Waals surface area contributed by atoms with Gasteiger partial charge in [-0.3, -0.25) is 23.2 Å². The second kappa shape index (κ2) is 31.1. The molecule has 2 aliphatic heterocycles. The van der Waals surface area contributed by atoms with Crippen LogP contribution < -0.4 is 5.73 Å². The minimum absolute atomic E-state index is 0.0228. The number of nitrogens with zero attached hydrogens (tertiary/aromatic N) is 1. The van der Waals surface area contributed by atoms with E-state index in [0.29, 0.717) is 36.9 Å². The molecule has 374 valence electrons. The van der Waals surface area contributed by atoms with Crippen LogP contribution in [0.25, 0.3) is 0 Å². The number of phosphoric ester groups is 1. The van der Waals surface area contributed by atoms with E-state index in [2.05, 4.69) is 4.18 Å². The van der Waals surface area contributed by atoms with Crippen molar-refractivity contribution in [3.63, 3.8) is 0 Å². The summed E-state index contributed by atoms with van der Waals surface area (Å²) in [5, 5.41) is 0. The normalized spacial score (nSPS) is 22.0. The molecule has 2 fully saturated rings. The Morgan fingerprint density at radius 2 is 1.45 bits per heavy atom. The van der Waals surface area contributed by atoms with Crippen LogP contribution >= 0.6 is 7.82 Å². The van der Waals surface area contributed by atoms with Gasteiger partial charge < -0.3 is 43.5 Å². The van der Waals surface area contributed by atoms with Crippen LogP contribution in [0.1, 0.15) is 142 Å². The molecule has 1 unspecified atom stereocenters. The lowest BCUT2D eigenvalue weighted by Crippen LogP contribution is -2.43. The summed E-state index contributed by atoms with van der Waals surface area (Å²) in [6.07, 6.45) is 20.8. The number of hydrogen-bond donors (Lipinski definition) is 3. The molecule has 0 aliphatic carbocycles. The Morgan fingerprint density at radius 3 is 2.06 bits per heavy atom. The highest BCUT2D eigenvalue weighted by Gasteiger charge is 2.54. The fraction of sp³-hybridized carbons (Fsp3) is 0.884. The number of carbonyl (C=O) groups is 3. The molecule has 2 saturated heterocycles. The van der Waals surface area contributed by atoms with Crippen molar-refractivity contribution in [2.75, 3.05) is 67.3 Å². The minimum atomic E-state index is -4.48. The summed E-state index contributed by atoms with van der Waals surface area (Å²) in [5.41, 5.74) is 5.69. The van der Waals surface area contributed by atoms with Crippen molar-refractivity contribution >= 4 is 36.1 Å². The maximum Gasteiger partial charge on any atom is 0.472 e. The zero-order valence-electron chi connectivity index (χ0n) is 39.0. The second-order valence-corrected chi connectivity index (χ2v) is 20.4. The molecular formula is C43H80N2O17PS+. The molecule has 2 bridgehead atoms. The number of ether oxygens (including phenoxy) is 6. The lowest BCUT2D eigenvalue weighted by Gasteiger charge is -2.35. The first-order valence-corrected chi connectivity index (χ1v) is 25.9. The Bertz CT molecular complexity index is 1530. The first-order valence-electron chi connectivity index (χ1n) is 23.1. The Labute approximate surface area is 381 Å². The summed E-state index contributed by atoms with van der Waals surface area (Å²) in [4.78, 5) is 45.8. The molecule has 21 heteroatoms. The summed E-state index contributed by atoms with van der Waals surface area (Å²) in [6.45, 7) is 2.61. The molecule has 2 aliphatic rings. The number of hydrogen-bond acceptors (Lipinski definition) is 16. The number of quaternary nitrogens is 1. The molecule has 2 rings (SSSR count). The van der Waals surface area contributed by atoms with Crippen LogP contribution in [0.15, 0.2) is 12.2 Å². The fourth-order valence-electron chi connectivity index (χ4n) is 7.42. The summed E-state index contributed by atoms with van der Waals surface area (Å²) in [5.74, 6) is -2.28. The maximum absolute atomic E-state index is 12.5. The molecule has 0 radical (unpaired) electrons. The largest absolute Gasteiger partial charge is 0.472 e. The first-order chi connectivity index (χ1) is 30.2. The van der Waals surface area contributed by atoms with Gasteiger partial charge in [-0.15, -0.1) is 0 Å². The SMILES string of the molecule is CC(=O)OC[C@H](COP(=O)(O)OCC[N+](C)(C)C)OC(=O)/C=C/CCCCC[C@H]1O[C@]2(CCCCCCCCCCCCCCOC[C@H](N)COS(=O)(=O)O)CC[C@@H](OC(C)=O)[C@H]1O2. The van der Waals surface area contributed by atoms with Crippen LogP contribution in [-0.2, 0) is 71.0 Å². The molecule has 0 spiro atoms. The monoisotopic (exact) mass is 959 g/mol. The van der Waals surface area contributed by atoms with Crippen molar-refractivity contribution < 1.29 is 82.9 Å². The topological polar surface area (TPSA) is 252 Å². The van der Waals surface area contributed by atoms with Gasteiger partial charge in [-0.2, -0.15) is 8.42 Å². The van der Waals surface area contributed by atoms with Crippen molar-refractivity contribution in [3.8, 4) is 0 Å². The van der Waals surface area contributed by atoms with Crippen LogP contribution in [0.3, 0.4) is 0 Å². The maximum atomic E-state index is 12.5. The number of nitrogens with two attached hydrogens (primary N) is 1. The molecule has 0 saturated carbocycles. The number of likely N-dealkylation sites (N-methyl/N-ethyl adjacent to an activating group) is 1. The molecule has 7 atom stereocenters. The Morgan fingerprint density at radius 1 is 0.828 bits per heavy atom. The van der Waals surface area contributed by atoms with E-state index in [0.717, 1.165) is 64.2 Å². The zero-order valence-corrected chi connectivity index (χ0v) is 40.7. The summed E-state index contributed by atoms with van der Waals surface area (Å²) in [6, 6.07) is -0.614. The van der Waals surface area contributed by atoms with E-state index >= 15 is 0 Å². The second-order valence-electron chi connectivity index (χ2n) is 17.9. The summed E-state index contributed by atoms with van der Waals surface area (Å²) < 4.78 is 91.3. The third kappa shape index (κ3) is 28.9. The molecule has 64 heavy (non-hydrogen) atoms. The summed E-state index contributed by atoms with van der Waals surface area (Å²) in [7, 11) is -3.19. The van der Waals surface area contributed by atoms with Crippen molar-refractivity contribution in [1.82, 2.24) is 0 Å². The van der Waals surface area contributed by atoms with Crippen LogP contribution in [0, 0.1) is 0 Å². The van der Waals surface area contributed by atoms with Crippen molar-refractivity contribution in [3.05, 3.63) is 12.2 Å². The number of rotatable bonds is 38. The van der Waals surface area contributed by atoms with Gasteiger partial charge in [0.05, 0.1) is 53.1 Å². The summed E-state index contributed by atoms with van der Waals surface area (Å²) >= 11 is 0. The molecule has 2 heterocycles. The molecule has 0 aromatic carbocycles. The smallest absolute Gasteiger partial charge is 0.462 e. The van der Waals surface area contributed by atoms with Gasteiger partial charge in [-0.1, -0.05) is 83.1 Å². The van der Waals surface area contributed by atoms with E-state index < -0.39 is 54.7 Å². The van der Waals surface area contributed by atoms with E-state index in [-0.39, 0.29) is 50.7 Å². The van der Waals surface area contributed by atoms with Crippen molar-refractivity contribution in [1.29, 1.82) is 0 Å². The van der Waals surface area contributed by atoms with Gasteiger partial charge in [0.15, 0.2) is 11.9 Å². The van der Waals surface area contributed by atoms with E-state index in [1.807, 2.05) is 21.1 Å². The van der Waals surface area contributed by atoms with E-state index in [9.17, 15) is 32.3 Å². The van der Waals surface area contributed by atoms with E-state index in [4.69, 9.17) is 47.8 Å². The van der Waals surface area contributed by atoms with Crippen LogP contribution in [0.4, 0.5) is 0 Å². The first kappa shape index (κ1) is 58.1. The number of esters is 3. The number of fused-ring (bicyclic) bond motifs is 2. The van der Waals surface area contributed by atoms with E-state index in [1.54, 1.807) is 6.08 Å². The molecule has 19 nitrogen and oxygen atoms in total. The minimum Gasteiger partial charge on any atom is -0.462 e. The highest BCUT2D eigenvalue weighted by molar-refractivity contribution is 7.80. The highest BCUT2D eigenvalue weighted by Crippen LogP contribution is 2.46. The van der Waals surface area contributed by atoms with Gasteiger partial charge in [0, 0.05) is 39.4 Å². The lowest BCUT2D eigenvalue weighted by atomic mass is 9.94. The molecule has 4 N–H and O–H groups in total. The van der Waals surface area contributed by atoms with Gasteiger partial charge in [0.25, 0.3) is 0 Å². The van der Waals surface area contributed by atoms with Gasteiger partial charge >= 0.3 is 36.1 Å². The number of allylic oxidation sites excluding steroid dienone is 1. The van der Waals surface area contributed by atoms with E-state index in [1.165, 1.54) is 64.9 Å². The number of unbranched alkanes of at least 4 members (excludes halogenated alkanes) is 14. The highest BCUT2D eigenvalue weighted by atomic mass is 32.3. The Hall–Kier alpha value is -2.07. The van der Waals surface area contributed by atoms with Crippen LogP contribution in [0.5, 0.6) is 0 Å². The third-order valence-corrected chi connectivity index (χ3v) is 12.2. The van der Waals surface area contributed by atoms with Gasteiger partial charge in [0.2, 0.25) is 0 Å². The number of phosphoric acid groups is 1. The Kier molecular flexibility index (Phi) is 28.2. The third-order valence-electron chi connectivity index (χ3n) is 10.7. The predicted octanol–water partition coefficient (Wildman–Crippen LogP) is 6.25. The van der Waals surface area contributed by atoms with Crippen LogP contribution in [-0.4, -0.2) is 144 Å². The van der Waals surface area contributed by atoms with Crippen molar-refractivity contribution in [2.24, 2.45) is 5.73 Å². The molecule has 0 aromatic heterocycles. The van der Waals surface area contributed by atoms with Gasteiger partial charge in [0.1, 0.15) is 32.0 Å². The van der Waals surface area contributed by atoms with Gasteiger partial charge in [-0.25, -0.2) is 13.5 Å². The van der Waals surface area contributed by atoms with Gasteiger partial charge in [-0.05, 0) is 38.5 Å². The predicted molar refractivity (Wildman–Crippen MR) is 237 cm³/mol. The molecule has 0 aromatic rings. The average Bonchev–Trinajstić information content (AvgIpc) is 3.49. The quantitative estimate of drug-likeness (QED) is 0.0118. The molecular weight excluding hydrogens is 880 g/mol. The van der Waals surface area contributed by atoms with Crippen LogP contribution in [0.2, 0.25) is 0 Å². The standard InChI is InChI=1S/C43H79N2O17PS/c1-35(46)55-33-38(34-57-63(49,50)56-30-28-45(3,4)5)60-41(48)24-20-16-14-15-19-23-40-42-39(59-36(2)47)25-27-43(61-40,62-42)26-21-17-12-10-8-6-7-9-11-13-18-22-29-54-31-37(44)32-58-64(51,52)53/h20,24,37-40,42H,6-19,21-23,25-34,44H2,1-5H3,(H-,49,50,51,52,53)/p+1/b24-20+/t37-,38+,39+,40+,42+,43-/m0/s1. The molecule has 0 amide bonds. The number of carbonyl (C=O) groups excluding carboxylic acids is 3. The average molecular weight is 960 g/mol. The zero-order chi connectivity index (χ0) is 47.5. The fourth-order valence-corrected chi connectivity index (χ4v) is 8.51.